The molecule has 0 spiro atoms. The molecule has 28 heavy (non-hydrogen) atoms. The molecule has 1 saturated carbocycles. The number of benzene rings is 2. The standard InChI is InChI=1S/C24H28ClNOS/c1-16-10-17(2)24(18(3)11-16)15-28-9-8-26-22-12-20(13-23(27)14-22)19-4-6-21(25)7-5-19/h4-7,10-11,20H,8-9,12-15H2,1-3H3/t20-/m0/s1. The van der Waals surface area contributed by atoms with Crippen LogP contribution in [-0.4, -0.2) is 23.8 Å². The second kappa shape index (κ2) is 9.76. The highest BCUT2D eigenvalue weighted by Crippen LogP contribution is 2.30. The number of carbonyl (C=O) groups is 1. The van der Waals surface area contributed by atoms with Crippen LogP contribution in [0.5, 0.6) is 0 Å². The minimum absolute atomic E-state index is 0.239. The first-order valence-corrected chi connectivity index (χ1v) is 11.4. The fraction of sp³-hybridized carbons (Fsp3) is 0.417. The van der Waals surface area contributed by atoms with Crippen LogP contribution in [0.1, 0.15) is 53.0 Å². The predicted molar refractivity (Wildman–Crippen MR) is 122 cm³/mol. The minimum atomic E-state index is 0.239. The zero-order valence-corrected chi connectivity index (χ0v) is 18.5. The van der Waals surface area contributed by atoms with Crippen LogP contribution >= 0.6 is 23.4 Å². The smallest absolute Gasteiger partial charge is 0.139 e. The molecule has 0 unspecified atom stereocenters. The van der Waals surface area contributed by atoms with Crippen LogP contribution in [0.3, 0.4) is 0 Å². The van der Waals surface area contributed by atoms with Gasteiger partial charge in [-0.2, -0.15) is 11.8 Å². The van der Waals surface area contributed by atoms with Crippen molar-refractivity contribution in [2.75, 3.05) is 12.3 Å². The summed E-state index contributed by atoms with van der Waals surface area (Å²) in [6, 6.07) is 12.4. The third-order valence-electron chi connectivity index (χ3n) is 5.36. The highest BCUT2D eigenvalue weighted by Gasteiger charge is 2.25. The van der Waals surface area contributed by atoms with E-state index < -0.39 is 0 Å². The topological polar surface area (TPSA) is 29.4 Å². The van der Waals surface area contributed by atoms with Crippen LogP contribution in [0.15, 0.2) is 41.4 Å². The first kappa shape index (κ1) is 21.1. The van der Waals surface area contributed by atoms with Crippen LogP contribution in [0, 0.1) is 20.8 Å². The maximum Gasteiger partial charge on any atom is 0.139 e. The Balaban J connectivity index is 1.52. The Bertz CT molecular complexity index is 850. The molecule has 2 nitrogen and oxygen atoms in total. The number of halogens is 1. The van der Waals surface area contributed by atoms with E-state index in [1.54, 1.807) is 0 Å². The lowest BCUT2D eigenvalue weighted by atomic mass is 9.82. The number of carbonyl (C=O) groups excluding carboxylic acids is 1. The second-order valence-corrected chi connectivity index (χ2v) is 9.29. The molecular weight excluding hydrogens is 386 g/mol. The number of hydrogen-bond donors (Lipinski definition) is 0. The van der Waals surface area contributed by atoms with Crippen molar-refractivity contribution in [3.05, 3.63) is 69.2 Å². The van der Waals surface area contributed by atoms with Gasteiger partial charge in [0.25, 0.3) is 0 Å². The number of aliphatic imine (C=N–C) groups is 1. The third kappa shape index (κ3) is 5.71. The minimum Gasteiger partial charge on any atom is -0.299 e. The van der Waals surface area contributed by atoms with E-state index in [1.807, 2.05) is 36.0 Å². The average molecular weight is 414 g/mol. The van der Waals surface area contributed by atoms with Crippen LogP contribution < -0.4 is 0 Å². The first-order valence-electron chi connectivity index (χ1n) is 9.86. The molecule has 1 atom stereocenters. The molecule has 1 aliphatic carbocycles. The molecule has 0 radical (unpaired) electrons. The summed E-state index contributed by atoms with van der Waals surface area (Å²) in [5, 5.41) is 0.732. The zero-order chi connectivity index (χ0) is 20.1. The third-order valence-corrected chi connectivity index (χ3v) is 6.57. The molecule has 0 amide bonds. The zero-order valence-electron chi connectivity index (χ0n) is 16.9. The van der Waals surface area contributed by atoms with Crippen LogP contribution in [0.4, 0.5) is 0 Å². The molecule has 3 rings (SSSR count). The number of thioether (sulfide) groups is 1. The van der Waals surface area contributed by atoms with Crippen molar-refractivity contribution in [3.63, 3.8) is 0 Å². The number of nitrogens with zero attached hydrogens (tertiary/aromatic N) is 1. The summed E-state index contributed by atoms with van der Waals surface area (Å²) < 4.78 is 0. The highest BCUT2D eigenvalue weighted by molar-refractivity contribution is 7.98. The normalized spacial score (nSPS) is 18.6. The van der Waals surface area contributed by atoms with E-state index >= 15 is 0 Å². The van der Waals surface area contributed by atoms with Gasteiger partial charge in [0.2, 0.25) is 0 Å². The van der Waals surface area contributed by atoms with E-state index in [4.69, 9.17) is 16.6 Å². The van der Waals surface area contributed by atoms with E-state index in [0.717, 1.165) is 35.2 Å². The quantitative estimate of drug-likeness (QED) is 0.507. The van der Waals surface area contributed by atoms with Gasteiger partial charge in [-0.3, -0.25) is 9.79 Å². The Morgan fingerprint density at radius 1 is 1.07 bits per heavy atom. The summed E-state index contributed by atoms with van der Waals surface area (Å²) in [7, 11) is 0. The van der Waals surface area contributed by atoms with Gasteiger partial charge in [-0.05, 0) is 67.5 Å². The van der Waals surface area contributed by atoms with Gasteiger partial charge in [0.15, 0.2) is 0 Å². The van der Waals surface area contributed by atoms with Gasteiger partial charge < -0.3 is 0 Å². The Labute approximate surface area is 177 Å². The number of Topliss-reactive ketones (excluding diaryl/α,β-unsaturated/α-hetero) is 1. The lowest BCUT2D eigenvalue weighted by molar-refractivity contribution is -0.118. The van der Waals surface area contributed by atoms with E-state index in [9.17, 15) is 4.79 Å². The Kier molecular flexibility index (Phi) is 7.36. The molecule has 1 aliphatic rings. The Morgan fingerprint density at radius 3 is 2.43 bits per heavy atom. The Morgan fingerprint density at radius 2 is 1.75 bits per heavy atom. The first-order chi connectivity index (χ1) is 13.4. The number of aryl methyl sites for hydroxylation is 3. The molecule has 1 fully saturated rings. The Hall–Kier alpha value is -1.58. The maximum absolute atomic E-state index is 12.2. The van der Waals surface area contributed by atoms with E-state index in [0.29, 0.717) is 18.6 Å². The SMILES string of the molecule is Cc1cc(C)c(CSCCN=C2CC(=O)C[C@@H](c3ccc(Cl)cc3)C2)c(C)c1. The molecule has 0 aromatic heterocycles. The monoisotopic (exact) mass is 413 g/mol. The van der Waals surface area contributed by atoms with E-state index in [-0.39, 0.29) is 5.92 Å². The average Bonchev–Trinajstić information content (AvgIpc) is 2.63. The van der Waals surface area contributed by atoms with Crippen LogP contribution in [0.2, 0.25) is 5.02 Å². The molecule has 0 bridgehead atoms. The molecule has 0 saturated heterocycles. The lowest BCUT2D eigenvalue weighted by Crippen LogP contribution is -2.22. The van der Waals surface area contributed by atoms with Crippen molar-refractivity contribution >= 4 is 34.9 Å². The molecule has 0 aliphatic heterocycles. The summed E-state index contributed by atoms with van der Waals surface area (Å²) in [6.07, 6.45) is 2.01. The molecule has 4 heteroatoms. The molecule has 148 valence electrons. The molecule has 0 N–H and O–H groups in total. The van der Waals surface area contributed by atoms with Crippen molar-refractivity contribution in [2.24, 2.45) is 4.99 Å². The van der Waals surface area contributed by atoms with E-state index in [2.05, 4.69) is 32.9 Å². The lowest BCUT2D eigenvalue weighted by Gasteiger charge is -2.23. The summed E-state index contributed by atoms with van der Waals surface area (Å²) >= 11 is 7.91. The summed E-state index contributed by atoms with van der Waals surface area (Å²) in [4.78, 5) is 17.0. The van der Waals surface area contributed by atoms with Crippen molar-refractivity contribution in [3.8, 4) is 0 Å². The van der Waals surface area contributed by atoms with Crippen molar-refractivity contribution in [1.82, 2.24) is 0 Å². The van der Waals surface area contributed by atoms with Gasteiger partial charge in [0.05, 0.1) is 0 Å². The van der Waals surface area contributed by atoms with Gasteiger partial charge in [0.1, 0.15) is 5.78 Å². The molecule has 0 heterocycles. The maximum atomic E-state index is 12.2. The van der Waals surface area contributed by atoms with Crippen LogP contribution in [-0.2, 0) is 10.5 Å². The van der Waals surface area contributed by atoms with Crippen molar-refractivity contribution < 1.29 is 4.79 Å². The predicted octanol–water partition coefficient (Wildman–Crippen LogP) is 6.48. The molecular formula is C24H28ClNOS. The largest absolute Gasteiger partial charge is 0.299 e. The highest BCUT2D eigenvalue weighted by atomic mass is 35.5. The summed E-state index contributed by atoms with van der Waals surface area (Å²) in [5.74, 6) is 2.54. The van der Waals surface area contributed by atoms with Gasteiger partial charge in [-0.1, -0.05) is 41.4 Å². The summed E-state index contributed by atoms with van der Waals surface area (Å²) in [6.45, 7) is 7.32. The number of hydrogen-bond acceptors (Lipinski definition) is 3. The second-order valence-electron chi connectivity index (χ2n) is 7.75. The van der Waals surface area contributed by atoms with Crippen molar-refractivity contribution in [1.29, 1.82) is 0 Å². The van der Waals surface area contributed by atoms with Gasteiger partial charge >= 0.3 is 0 Å². The summed E-state index contributed by atoms with van der Waals surface area (Å²) in [5.41, 5.74) is 7.76. The number of rotatable bonds is 6. The van der Waals surface area contributed by atoms with Gasteiger partial charge in [-0.25, -0.2) is 0 Å². The van der Waals surface area contributed by atoms with Gasteiger partial charge in [-0.15, -0.1) is 0 Å². The van der Waals surface area contributed by atoms with Gasteiger partial charge in [0, 0.05) is 41.6 Å². The molecule has 2 aromatic carbocycles. The fourth-order valence-electron chi connectivity index (χ4n) is 3.97. The number of ketones is 1. The fourth-order valence-corrected chi connectivity index (χ4v) is 5.12. The van der Waals surface area contributed by atoms with E-state index in [1.165, 1.54) is 27.8 Å². The van der Waals surface area contributed by atoms with Crippen molar-refractivity contribution in [2.45, 2.75) is 51.7 Å². The molecule has 2 aromatic rings. The van der Waals surface area contributed by atoms with Crippen LogP contribution in [0.25, 0.3) is 0 Å².